The molecule has 0 aliphatic rings. The average molecular weight is 417 g/mol. The van der Waals surface area contributed by atoms with Crippen molar-refractivity contribution >= 4 is 33.6 Å². The molecule has 0 aliphatic heterocycles. The molecule has 0 atom stereocenters. The van der Waals surface area contributed by atoms with Crippen LogP contribution in [-0.2, 0) is 27.3 Å². The lowest BCUT2D eigenvalue weighted by Gasteiger charge is -2.17. The molecule has 1 heterocycles. The molecule has 6 heteroatoms. The van der Waals surface area contributed by atoms with Gasteiger partial charge < -0.3 is 18.8 Å². The Kier molecular flexibility index (Phi) is 5.89. The number of benzene rings is 3. The number of amides is 1. The van der Waals surface area contributed by atoms with Gasteiger partial charge in [-0.15, -0.1) is 0 Å². The number of ether oxygens (including phenoxy) is 2. The molecule has 0 saturated carbocycles. The second kappa shape index (κ2) is 8.92. The van der Waals surface area contributed by atoms with Gasteiger partial charge in [0, 0.05) is 24.5 Å². The summed E-state index contributed by atoms with van der Waals surface area (Å²) >= 11 is 0. The van der Waals surface area contributed by atoms with Gasteiger partial charge in [-0.3, -0.25) is 9.59 Å². The van der Waals surface area contributed by atoms with E-state index in [1.54, 1.807) is 20.4 Å². The van der Waals surface area contributed by atoms with Crippen molar-refractivity contribution in [3.05, 3.63) is 78.1 Å². The molecule has 1 aromatic heterocycles. The van der Waals surface area contributed by atoms with Crippen molar-refractivity contribution in [2.45, 2.75) is 13.0 Å². The van der Waals surface area contributed by atoms with Crippen LogP contribution >= 0.6 is 0 Å². The number of carbonyl (C=O) groups is 2. The van der Waals surface area contributed by atoms with E-state index in [-0.39, 0.29) is 18.9 Å². The van der Waals surface area contributed by atoms with Crippen LogP contribution in [0.1, 0.15) is 11.1 Å². The van der Waals surface area contributed by atoms with Gasteiger partial charge in [0.15, 0.2) is 6.61 Å². The van der Waals surface area contributed by atoms with E-state index < -0.39 is 5.97 Å². The van der Waals surface area contributed by atoms with Crippen molar-refractivity contribution in [2.75, 3.05) is 20.8 Å². The zero-order valence-corrected chi connectivity index (χ0v) is 17.5. The van der Waals surface area contributed by atoms with Gasteiger partial charge in [-0.25, -0.2) is 0 Å². The van der Waals surface area contributed by atoms with Gasteiger partial charge in [-0.2, -0.15) is 0 Å². The van der Waals surface area contributed by atoms with Gasteiger partial charge >= 0.3 is 5.97 Å². The topological polar surface area (TPSA) is 69.0 Å². The SMILES string of the molecule is COc1cccc(CN(C)C(=O)COC(=O)Cc2coc3ccc4ccccc4c23)c1. The smallest absolute Gasteiger partial charge is 0.310 e. The summed E-state index contributed by atoms with van der Waals surface area (Å²) in [6, 6.07) is 19.3. The molecule has 4 rings (SSSR count). The Morgan fingerprint density at radius 1 is 1.03 bits per heavy atom. The number of hydrogen-bond donors (Lipinski definition) is 0. The summed E-state index contributed by atoms with van der Waals surface area (Å²) in [5.74, 6) is -0.0259. The molecule has 0 unspecified atom stereocenters. The van der Waals surface area contributed by atoms with Crippen molar-refractivity contribution in [3.8, 4) is 5.75 Å². The first-order valence-corrected chi connectivity index (χ1v) is 9.95. The first-order valence-electron chi connectivity index (χ1n) is 9.95. The Morgan fingerprint density at radius 3 is 2.71 bits per heavy atom. The van der Waals surface area contributed by atoms with Gasteiger partial charge in [-0.05, 0) is 34.5 Å². The molecule has 0 saturated heterocycles. The second-order valence-corrected chi connectivity index (χ2v) is 7.36. The number of hydrogen-bond acceptors (Lipinski definition) is 5. The minimum Gasteiger partial charge on any atom is -0.497 e. The average Bonchev–Trinajstić information content (AvgIpc) is 3.20. The molecule has 0 aliphatic carbocycles. The zero-order valence-electron chi connectivity index (χ0n) is 17.5. The maximum absolute atomic E-state index is 12.4. The quantitative estimate of drug-likeness (QED) is 0.419. The number of likely N-dealkylation sites (N-methyl/N-ethyl adjacent to an activating group) is 1. The van der Waals surface area contributed by atoms with Crippen molar-refractivity contribution in [3.63, 3.8) is 0 Å². The third-order valence-electron chi connectivity index (χ3n) is 5.21. The Labute approximate surface area is 180 Å². The number of fused-ring (bicyclic) bond motifs is 3. The maximum atomic E-state index is 12.4. The molecule has 1 amide bonds. The fourth-order valence-electron chi connectivity index (χ4n) is 3.60. The zero-order chi connectivity index (χ0) is 21.8. The molecule has 158 valence electrons. The molecule has 3 aromatic carbocycles. The predicted octanol–water partition coefficient (Wildman–Crippen LogP) is 4.34. The molecular weight excluding hydrogens is 394 g/mol. The lowest BCUT2D eigenvalue weighted by molar-refractivity contribution is -0.151. The van der Waals surface area contributed by atoms with Crippen LogP contribution in [0.4, 0.5) is 0 Å². The molecule has 0 fully saturated rings. The van der Waals surface area contributed by atoms with E-state index in [9.17, 15) is 9.59 Å². The van der Waals surface area contributed by atoms with Gasteiger partial charge in [0.05, 0.1) is 19.8 Å². The minimum atomic E-state index is -0.473. The lowest BCUT2D eigenvalue weighted by atomic mass is 10.0. The maximum Gasteiger partial charge on any atom is 0.310 e. The monoisotopic (exact) mass is 417 g/mol. The summed E-state index contributed by atoms with van der Waals surface area (Å²) < 4.78 is 16.1. The van der Waals surface area contributed by atoms with Crippen LogP contribution < -0.4 is 4.74 Å². The van der Waals surface area contributed by atoms with Gasteiger partial charge in [0.2, 0.25) is 0 Å². The number of carbonyl (C=O) groups excluding carboxylic acids is 2. The molecule has 0 radical (unpaired) electrons. The third kappa shape index (κ3) is 4.53. The van der Waals surface area contributed by atoms with E-state index in [4.69, 9.17) is 13.9 Å². The second-order valence-electron chi connectivity index (χ2n) is 7.36. The fraction of sp³-hybridized carbons (Fsp3) is 0.200. The predicted molar refractivity (Wildman–Crippen MR) is 118 cm³/mol. The summed E-state index contributed by atoms with van der Waals surface area (Å²) in [4.78, 5) is 26.3. The number of rotatable bonds is 7. The number of esters is 1. The highest BCUT2D eigenvalue weighted by Gasteiger charge is 2.16. The van der Waals surface area contributed by atoms with Gasteiger partial charge in [0.25, 0.3) is 5.91 Å². The van der Waals surface area contributed by atoms with E-state index >= 15 is 0 Å². The number of nitrogens with zero attached hydrogens (tertiary/aromatic N) is 1. The summed E-state index contributed by atoms with van der Waals surface area (Å²) in [5, 5.41) is 2.99. The van der Waals surface area contributed by atoms with Gasteiger partial charge in [-0.1, -0.05) is 42.5 Å². The van der Waals surface area contributed by atoms with Crippen LogP contribution in [-0.4, -0.2) is 37.5 Å². The number of furan rings is 1. The van der Waals surface area contributed by atoms with Crippen LogP contribution in [0.25, 0.3) is 21.7 Å². The lowest BCUT2D eigenvalue weighted by Crippen LogP contribution is -2.31. The van der Waals surface area contributed by atoms with Crippen molar-refractivity contribution in [2.24, 2.45) is 0 Å². The van der Waals surface area contributed by atoms with Crippen LogP contribution in [0, 0.1) is 0 Å². The molecule has 31 heavy (non-hydrogen) atoms. The first-order chi connectivity index (χ1) is 15.0. The Bertz CT molecular complexity index is 1240. The summed E-state index contributed by atoms with van der Waals surface area (Å²) in [6.45, 7) is 0.0851. The molecule has 0 bridgehead atoms. The van der Waals surface area contributed by atoms with E-state index in [1.165, 1.54) is 4.90 Å². The molecule has 0 N–H and O–H groups in total. The van der Waals surface area contributed by atoms with Crippen LogP contribution in [0.15, 0.2) is 71.3 Å². The Morgan fingerprint density at radius 2 is 1.87 bits per heavy atom. The van der Waals surface area contributed by atoms with E-state index in [0.717, 1.165) is 38.6 Å². The molecule has 4 aromatic rings. The minimum absolute atomic E-state index is 0.0356. The van der Waals surface area contributed by atoms with Crippen molar-refractivity contribution < 1.29 is 23.5 Å². The largest absolute Gasteiger partial charge is 0.497 e. The highest BCUT2D eigenvalue weighted by atomic mass is 16.5. The third-order valence-corrected chi connectivity index (χ3v) is 5.21. The summed E-state index contributed by atoms with van der Waals surface area (Å²) in [6.07, 6.45) is 1.61. The Balaban J connectivity index is 1.38. The number of methoxy groups -OCH3 is 1. The van der Waals surface area contributed by atoms with Crippen LogP contribution in [0.2, 0.25) is 0 Å². The van der Waals surface area contributed by atoms with Crippen molar-refractivity contribution in [1.82, 2.24) is 4.90 Å². The van der Waals surface area contributed by atoms with Crippen LogP contribution in [0.3, 0.4) is 0 Å². The van der Waals surface area contributed by atoms with Crippen LogP contribution in [0.5, 0.6) is 5.75 Å². The van der Waals surface area contributed by atoms with Gasteiger partial charge in [0.1, 0.15) is 11.3 Å². The highest BCUT2D eigenvalue weighted by molar-refractivity contribution is 6.08. The molecular formula is C25H23NO5. The molecule has 0 spiro atoms. The van der Waals surface area contributed by atoms with E-state index in [0.29, 0.717) is 6.54 Å². The normalized spacial score (nSPS) is 10.9. The first kappa shape index (κ1) is 20.5. The summed E-state index contributed by atoms with van der Waals surface area (Å²) in [5.41, 5.74) is 2.39. The molecule has 6 nitrogen and oxygen atoms in total. The highest BCUT2D eigenvalue weighted by Crippen LogP contribution is 2.30. The van der Waals surface area contributed by atoms with E-state index in [2.05, 4.69) is 0 Å². The van der Waals surface area contributed by atoms with E-state index in [1.807, 2.05) is 60.7 Å². The van der Waals surface area contributed by atoms with Crippen molar-refractivity contribution in [1.29, 1.82) is 0 Å². The Hall–Kier alpha value is -3.80. The summed E-state index contributed by atoms with van der Waals surface area (Å²) in [7, 11) is 3.27. The fourth-order valence-corrected chi connectivity index (χ4v) is 3.60. The standard InChI is InChI=1S/C25H23NO5/c1-26(14-17-6-5-8-20(12-17)29-2)23(27)16-31-24(28)13-19-15-30-22-11-10-18-7-3-4-9-21(18)25(19)22/h3-12,15H,13-14,16H2,1-2H3.